The van der Waals surface area contributed by atoms with Gasteiger partial charge in [-0.25, -0.2) is 4.98 Å². The maximum atomic E-state index is 11.3. The van der Waals surface area contributed by atoms with Crippen LogP contribution in [0.3, 0.4) is 0 Å². The lowest BCUT2D eigenvalue weighted by molar-refractivity contribution is 0.101. The second-order valence-corrected chi connectivity index (χ2v) is 5.70. The van der Waals surface area contributed by atoms with Gasteiger partial charge in [0, 0.05) is 25.4 Å². The molecule has 1 aliphatic rings. The summed E-state index contributed by atoms with van der Waals surface area (Å²) in [7, 11) is 0. The van der Waals surface area contributed by atoms with Crippen molar-refractivity contribution in [2.45, 2.75) is 26.3 Å². The van der Waals surface area contributed by atoms with Crippen LogP contribution in [0.2, 0.25) is 0 Å². The Morgan fingerprint density at radius 1 is 1.32 bits per heavy atom. The van der Waals surface area contributed by atoms with E-state index in [-0.39, 0.29) is 5.78 Å². The molecule has 0 radical (unpaired) electrons. The summed E-state index contributed by atoms with van der Waals surface area (Å²) in [5.41, 5.74) is 3.39. The van der Waals surface area contributed by atoms with Crippen LogP contribution in [0.4, 0.5) is 5.13 Å². The minimum Gasteiger partial charge on any atom is -0.344 e. The molecule has 1 aliphatic heterocycles. The summed E-state index contributed by atoms with van der Waals surface area (Å²) in [5, 5.41) is 2.82. The fraction of sp³-hybridized carbons (Fsp3) is 0.333. The molecule has 0 amide bonds. The molecule has 0 N–H and O–H groups in total. The quantitative estimate of drug-likeness (QED) is 0.786. The second-order valence-electron chi connectivity index (χ2n) is 4.87. The number of nitrogens with zero attached hydrogens (tertiary/aromatic N) is 2. The number of carbonyl (C=O) groups excluding carboxylic acids is 1. The van der Waals surface area contributed by atoms with Gasteiger partial charge >= 0.3 is 0 Å². The number of aromatic nitrogens is 1. The minimum atomic E-state index is 0.0396. The maximum Gasteiger partial charge on any atom is 0.186 e. The molecule has 0 bridgehead atoms. The first-order valence-corrected chi connectivity index (χ1v) is 7.40. The van der Waals surface area contributed by atoms with Crippen molar-refractivity contribution >= 4 is 22.3 Å². The Labute approximate surface area is 116 Å². The van der Waals surface area contributed by atoms with E-state index in [1.165, 1.54) is 11.1 Å². The van der Waals surface area contributed by atoms with E-state index in [2.05, 4.69) is 34.1 Å². The lowest BCUT2D eigenvalue weighted by Crippen LogP contribution is -2.22. The molecule has 2 heterocycles. The van der Waals surface area contributed by atoms with E-state index in [0.29, 0.717) is 5.69 Å². The van der Waals surface area contributed by atoms with Crippen molar-refractivity contribution < 1.29 is 4.79 Å². The van der Waals surface area contributed by atoms with Crippen LogP contribution in [0.25, 0.3) is 0 Å². The Morgan fingerprint density at radius 3 is 2.84 bits per heavy atom. The summed E-state index contributed by atoms with van der Waals surface area (Å²) in [5.74, 6) is 0.0396. The number of fused-ring (bicyclic) bond motifs is 1. The molecule has 2 aromatic rings. The average molecular weight is 272 g/mol. The average Bonchev–Trinajstić information content (AvgIpc) is 2.80. The predicted molar refractivity (Wildman–Crippen MR) is 77.9 cm³/mol. The van der Waals surface area contributed by atoms with Gasteiger partial charge in [-0.1, -0.05) is 24.3 Å². The van der Waals surface area contributed by atoms with Gasteiger partial charge in [-0.15, -0.1) is 11.3 Å². The van der Waals surface area contributed by atoms with Crippen molar-refractivity contribution in [3.8, 4) is 0 Å². The summed E-state index contributed by atoms with van der Waals surface area (Å²) in [6.07, 6.45) is 2.25. The highest BCUT2D eigenvalue weighted by Crippen LogP contribution is 2.26. The van der Waals surface area contributed by atoms with Gasteiger partial charge in [-0.3, -0.25) is 4.79 Å². The molecule has 0 aliphatic carbocycles. The van der Waals surface area contributed by atoms with Gasteiger partial charge < -0.3 is 4.90 Å². The van der Waals surface area contributed by atoms with Gasteiger partial charge in [0.25, 0.3) is 0 Å². The van der Waals surface area contributed by atoms with Crippen LogP contribution >= 0.6 is 11.3 Å². The highest BCUT2D eigenvalue weighted by molar-refractivity contribution is 7.13. The van der Waals surface area contributed by atoms with Gasteiger partial charge in [-0.2, -0.15) is 0 Å². The maximum absolute atomic E-state index is 11.3. The number of hydrogen-bond donors (Lipinski definition) is 0. The summed E-state index contributed by atoms with van der Waals surface area (Å²) in [6.45, 7) is 3.46. The number of carbonyl (C=O) groups is 1. The van der Waals surface area contributed by atoms with E-state index >= 15 is 0 Å². The highest BCUT2D eigenvalue weighted by Gasteiger charge is 2.17. The van der Waals surface area contributed by atoms with E-state index in [1.54, 1.807) is 18.3 Å². The van der Waals surface area contributed by atoms with Crippen LogP contribution < -0.4 is 4.90 Å². The fourth-order valence-corrected chi connectivity index (χ4v) is 3.33. The van der Waals surface area contributed by atoms with Crippen molar-refractivity contribution in [2.24, 2.45) is 0 Å². The number of benzene rings is 1. The number of thiazole rings is 1. The van der Waals surface area contributed by atoms with Gasteiger partial charge in [-0.05, 0) is 24.0 Å². The zero-order valence-corrected chi connectivity index (χ0v) is 11.7. The van der Waals surface area contributed by atoms with Crippen molar-refractivity contribution in [3.63, 3.8) is 0 Å². The molecule has 0 atom stereocenters. The molecular weight excluding hydrogens is 256 g/mol. The van der Waals surface area contributed by atoms with Crippen molar-refractivity contribution in [2.75, 3.05) is 11.4 Å². The Bertz CT molecular complexity index is 606. The molecule has 98 valence electrons. The van der Waals surface area contributed by atoms with Crippen molar-refractivity contribution in [1.29, 1.82) is 0 Å². The normalized spacial score (nSPS) is 14.9. The van der Waals surface area contributed by atoms with Crippen molar-refractivity contribution in [3.05, 3.63) is 46.5 Å². The van der Waals surface area contributed by atoms with Crippen molar-refractivity contribution in [1.82, 2.24) is 4.98 Å². The number of Topliss-reactive ketones (excluding diaryl/α,β-unsaturated/α-hetero) is 1. The minimum absolute atomic E-state index is 0.0396. The van der Waals surface area contributed by atoms with Gasteiger partial charge in [0.05, 0.1) is 0 Å². The van der Waals surface area contributed by atoms with Crippen LogP contribution in [0, 0.1) is 0 Å². The lowest BCUT2D eigenvalue weighted by atomic mass is 10.0. The molecule has 3 nitrogen and oxygen atoms in total. The van der Waals surface area contributed by atoms with Crippen LogP contribution in [0.5, 0.6) is 0 Å². The summed E-state index contributed by atoms with van der Waals surface area (Å²) < 4.78 is 0. The Morgan fingerprint density at radius 2 is 2.11 bits per heavy atom. The van der Waals surface area contributed by atoms with E-state index in [1.807, 2.05) is 5.38 Å². The third-order valence-electron chi connectivity index (χ3n) is 3.48. The highest BCUT2D eigenvalue weighted by atomic mass is 32.1. The second kappa shape index (κ2) is 5.13. The van der Waals surface area contributed by atoms with Crippen LogP contribution in [-0.4, -0.2) is 17.3 Å². The number of rotatable bonds is 2. The number of ketones is 1. The van der Waals surface area contributed by atoms with Gasteiger partial charge in [0.1, 0.15) is 5.69 Å². The van der Waals surface area contributed by atoms with Crippen LogP contribution in [0.1, 0.15) is 35.0 Å². The first kappa shape index (κ1) is 12.4. The number of aryl methyl sites for hydroxylation is 1. The summed E-state index contributed by atoms with van der Waals surface area (Å²) >= 11 is 1.56. The fourth-order valence-electron chi connectivity index (χ4n) is 2.44. The predicted octanol–water partition coefficient (Wildman–Crippen LogP) is 3.30. The third kappa shape index (κ3) is 2.54. The van der Waals surface area contributed by atoms with E-state index in [0.717, 1.165) is 31.1 Å². The Hall–Kier alpha value is -1.68. The van der Waals surface area contributed by atoms with E-state index in [9.17, 15) is 4.79 Å². The summed E-state index contributed by atoms with van der Waals surface area (Å²) in [4.78, 5) is 18.1. The van der Waals surface area contributed by atoms with Crippen LogP contribution in [-0.2, 0) is 13.0 Å². The molecule has 0 spiro atoms. The Balaban J connectivity index is 1.87. The zero-order valence-electron chi connectivity index (χ0n) is 10.9. The Kier molecular flexibility index (Phi) is 3.34. The SMILES string of the molecule is CC(=O)c1csc(N2CCCc3ccccc3C2)n1. The standard InChI is InChI=1S/C15H16N2OS/c1-11(18)14-10-19-15(16-14)17-8-4-7-12-5-2-3-6-13(12)9-17/h2-3,5-6,10H,4,7-9H2,1H3. The third-order valence-corrected chi connectivity index (χ3v) is 4.38. The van der Waals surface area contributed by atoms with Gasteiger partial charge in [0.15, 0.2) is 10.9 Å². The topological polar surface area (TPSA) is 33.2 Å². The first-order chi connectivity index (χ1) is 9.24. The van der Waals surface area contributed by atoms with Gasteiger partial charge in [0.2, 0.25) is 0 Å². The number of anilines is 1. The van der Waals surface area contributed by atoms with Crippen LogP contribution in [0.15, 0.2) is 29.6 Å². The smallest absolute Gasteiger partial charge is 0.186 e. The molecule has 3 rings (SSSR count). The summed E-state index contributed by atoms with van der Waals surface area (Å²) in [6, 6.07) is 8.59. The molecule has 1 aromatic carbocycles. The molecule has 19 heavy (non-hydrogen) atoms. The lowest BCUT2D eigenvalue weighted by Gasteiger charge is -2.19. The molecule has 0 unspecified atom stereocenters. The molecular formula is C15H16N2OS. The molecule has 4 heteroatoms. The molecule has 1 aromatic heterocycles. The van der Waals surface area contributed by atoms with E-state index < -0.39 is 0 Å². The monoisotopic (exact) mass is 272 g/mol. The largest absolute Gasteiger partial charge is 0.344 e. The number of hydrogen-bond acceptors (Lipinski definition) is 4. The molecule has 0 saturated heterocycles. The zero-order chi connectivity index (χ0) is 13.2. The molecule has 0 saturated carbocycles. The molecule has 0 fully saturated rings. The first-order valence-electron chi connectivity index (χ1n) is 6.52. The van der Waals surface area contributed by atoms with E-state index in [4.69, 9.17) is 0 Å².